The van der Waals surface area contributed by atoms with Crippen LogP contribution in [0.5, 0.6) is 0 Å². The van der Waals surface area contributed by atoms with E-state index in [0.717, 1.165) is 12.1 Å². The van der Waals surface area contributed by atoms with Gasteiger partial charge in [0, 0.05) is 16.7 Å². The molecule has 0 saturated heterocycles. The maximum atomic E-state index is 12.0. The van der Waals surface area contributed by atoms with Crippen LogP contribution in [0.3, 0.4) is 0 Å². The first kappa shape index (κ1) is 16.5. The number of furan rings is 1. The van der Waals surface area contributed by atoms with Crippen molar-refractivity contribution in [2.75, 3.05) is 7.11 Å². The molecule has 0 aliphatic heterocycles. The molecule has 9 heteroatoms. The summed E-state index contributed by atoms with van der Waals surface area (Å²) >= 11 is 5.74. The number of nitro benzene ring substituents is 1. The fourth-order valence-electron chi connectivity index (χ4n) is 1.77. The number of nitro groups is 1. The third-order valence-electron chi connectivity index (χ3n) is 2.85. The fourth-order valence-corrected chi connectivity index (χ4v) is 1.95. The molecule has 0 saturated carbocycles. The summed E-state index contributed by atoms with van der Waals surface area (Å²) in [6.45, 7) is -0.316. The van der Waals surface area contributed by atoms with Gasteiger partial charge in [0.1, 0.15) is 12.2 Å². The lowest BCUT2D eigenvalue weighted by Crippen LogP contribution is -2.10. The van der Waals surface area contributed by atoms with Crippen LogP contribution < -0.4 is 0 Å². The van der Waals surface area contributed by atoms with Crippen LogP contribution >= 0.6 is 11.6 Å². The van der Waals surface area contributed by atoms with E-state index in [-0.39, 0.29) is 28.5 Å². The number of rotatable bonds is 5. The number of methoxy groups -OCH3 is 1. The number of ether oxygens (including phenoxy) is 2. The Hall–Kier alpha value is -2.87. The van der Waals surface area contributed by atoms with Gasteiger partial charge in [0.05, 0.1) is 18.3 Å². The largest absolute Gasteiger partial charge is 0.463 e. The molecule has 0 radical (unpaired) electrons. The number of halogens is 1. The Morgan fingerprint density at radius 2 is 2.04 bits per heavy atom. The molecule has 0 fully saturated rings. The molecule has 0 amide bonds. The molecule has 1 heterocycles. The number of hydrogen-bond acceptors (Lipinski definition) is 7. The van der Waals surface area contributed by atoms with Gasteiger partial charge in [-0.3, -0.25) is 10.1 Å². The van der Waals surface area contributed by atoms with Crippen LogP contribution in [-0.2, 0) is 16.1 Å². The summed E-state index contributed by atoms with van der Waals surface area (Å²) in [6.07, 6.45) is 1.23. The maximum absolute atomic E-state index is 12.0. The van der Waals surface area contributed by atoms with E-state index in [9.17, 15) is 19.7 Å². The van der Waals surface area contributed by atoms with Crippen molar-refractivity contribution in [3.05, 3.63) is 62.6 Å². The van der Waals surface area contributed by atoms with Crippen molar-refractivity contribution in [2.24, 2.45) is 0 Å². The van der Waals surface area contributed by atoms with Crippen LogP contribution in [0.2, 0.25) is 5.02 Å². The highest BCUT2D eigenvalue weighted by molar-refractivity contribution is 6.31. The predicted molar refractivity (Wildman–Crippen MR) is 77.3 cm³/mol. The molecule has 2 aromatic rings. The Morgan fingerprint density at radius 3 is 2.70 bits per heavy atom. The van der Waals surface area contributed by atoms with Crippen LogP contribution in [0, 0.1) is 10.1 Å². The van der Waals surface area contributed by atoms with Gasteiger partial charge >= 0.3 is 11.9 Å². The highest BCUT2D eigenvalue weighted by atomic mass is 35.5. The first-order valence-electron chi connectivity index (χ1n) is 6.19. The number of nitrogens with zero attached hydrogens (tertiary/aromatic N) is 1. The van der Waals surface area contributed by atoms with Crippen molar-refractivity contribution in [1.82, 2.24) is 0 Å². The van der Waals surface area contributed by atoms with Crippen LogP contribution in [-0.4, -0.2) is 24.0 Å². The standard InChI is InChI=1S/C14H10ClNO7/c1-21-14(18)12-8(4-5-22-12)7-23-13(17)10-6-9(15)2-3-11(10)16(19)20/h2-6H,7H2,1H3. The van der Waals surface area contributed by atoms with Crippen molar-refractivity contribution >= 4 is 29.2 Å². The molecule has 2 rings (SSSR count). The van der Waals surface area contributed by atoms with E-state index in [1.807, 2.05) is 0 Å². The molecule has 0 bridgehead atoms. The smallest absolute Gasteiger partial charge is 0.374 e. The molecule has 0 atom stereocenters. The van der Waals surface area contributed by atoms with Crippen LogP contribution in [0.25, 0.3) is 0 Å². The van der Waals surface area contributed by atoms with Gasteiger partial charge < -0.3 is 13.9 Å². The molecule has 1 aromatic heterocycles. The van der Waals surface area contributed by atoms with Gasteiger partial charge in [-0.2, -0.15) is 0 Å². The maximum Gasteiger partial charge on any atom is 0.374 e. The number of carbonyl (C=O) groups excluding carboxylic acids is 2. The molecule has 8 nitrogen and oxygen atoms in total. The first-order valence-corrected chi connectivity index (χ1v) is 6.57. The van der Waals surface area contributed by atoms with E-state index in [1.165, 1.54) is 25.5 Å². The molecule has 0 aliphatic carbocycles. The van der Waals surface area contributed by atoms with Crippen molar-refractivity contribution in [2.45, 2.75) is 6.61 Å². The van der Waals surface area contributed by atoms with E-state index in [4.69, 9.17) is 20.8 Å². The van der Waals surface area contributed by atoms with Gasteiger partial charge in [0.25, 0.3) is 5.69 Å². The second-order valence-corrected chi connectivity index (χ2v) is 4.70. The monoisotopic (exact) mass is 339 g/mol. The summed E-state index contributed by atoms with van der Waals surface area (Å²) in [5, 5.41) is 11.1. The molecule has 1 aromatic carbocycles. The zero-order chi connectivity index (χ0) is 17.0. The SMILES string of the molecule is COC(=O)c1occc1COC(=O)c1cc(Cl)ccc1[N+](=O)[O-]. The summed E-state index contributed by atoms with van der Waals surface area (Å²) in [6, 6.07) is 4.96. The van der Waals surface area contributed by atoms with Crippen molar-refractivity contribution < 1.29 is 28.4 Å². The molecule has 0 N–H and O–H groups in total. The Bertz CT molecular complexity index is 768. The normalized spacial score (nSPS) is 10.2. The van der Waals surface area contributed by atoms with Crippen molar-refractivity contribution in [1.29, 1.82) is 0 Å². The number of esters is 2. The summed E-state index contributed by atoms with van der Waals surface area (Å²) in [5.41, 5.74) is -0.444. The number of hydrogen-bond donors (Lipinski definition) is 0. The molecular formula is C14H10ClNO7. The Labute approximate surface area is 134 Å². The van der Waals surface area contributed by atoms with Crippen molar-refractivity contribution in [3.63, 3.8) is 0 Å². The van der Waals surface area contributed by atoms with E-state index in [1.54, 1.807) is 0 Å². The molecule has 23 heavy (non-hydrogen) atoms. The third-order valence-corrected chi connectivity index (χ3v) is 3.09. The summed E-state index contributed by atoms with van der Waals surface area (Å²) in [7, 11) is 1.18. The summed E-state index contributed by atoms with van der Waals surface area (Å²) < 4.78 is 14.4. The highest BCUT2D eigenvalue weighted by Crippen LogP contribution is 2.24. The molecule has 0 spiro atoms. The van der Waals surface area contributed by atoms with E-state index in [2.05, 4.69) is 4.74 Å². The van der Waals surface area contributed by atoms with Crippen LogP contribution in [0.1, 0.15) is 26.5 Å². The lowest BCUT2D eigenvalue weighted by atomic mass is 10.2. The quantitative estimate of drug-likeness (QED) is 0.468. The molecule has 0 aliphatic rings. The van der Waals surface area contributed by atoms with Gasteiger partial charge in [-0.1, -0.05) is 11.6 Å². The minimum atomic E-state index is -0.948. The zero-order valence-corrected chi connectivity index (χ0v) is 12.5. The Morgan fingerprint density at radius 1 is 1.30 bits per heavy atom. The minimum Gasteiger partial charge on any atom is -0.463 e. The van der Waals surface area contributed by atoms with Gasteiger partial charge in [0.2, 0.25) is 5.76 Å². The summed E-state index contributed by atoms with van der Waals surface area (Å²) in [5.74, 6) is -1.79. The fraction of sp³-hybridized carbons (Fsp3) is 0.143. The van der Waals surface area contributed by atoms with Crippen molar-refractivity contribution in [3.8, 4) is 0 Å². The number of carbonyl (C=O) groups is 2. The molecule has 0 unspecified atom stereocenters. The van der Waals surface area contributed by atoms with Crippen LogP contribution in [0.15, 0.2) is 34.9 Å². The number of benzene rings is 1. The average Bonchev–Trinajstić information content (AvgIpc) is 2.99. The second-order valence-electron chi connectivity index (χ2n) is 4.26. The Kier molecular flexibility index (Phi) is 4.97. The third kappa shape index (κ3) is 3.67. The van der Waals surface area contributed by atoms with Gasteiger partial charge in [-0.25, -0.2) is 9.59 Å². The topological polar surface area (TPSA) is 109 Å². The van der Waals surface area contributed by atoms with E-state index >= 15 is 0 Å². The minimum absolute atomic E-state index is 0.110. The lowest BCUT2D eigenvalue weighted by molar-refractivity contribution is -0.385. The second kappa shape index (κ2) is 6.93. The zero-order valence-electron chi connectivity index (χ0n) is 11.8. The highest BCUT2D eigenvalue weighted by Gasteiger charge is 2.23. The average molecular weight is 340 g/mol. The van der Waals surface area contributed by atoms with Gasteiger partial charge in [0.15, 0.2) is 0 Å². The first-order chi connectivity index (χ1) is 10.9. The van der Waals surface area contributed by atoms with Gasteiger partial charge in [-0.05, 0) is 18.2 Å². The summed E-state index contributed by atoms with van der Waals surface area (Å²) in [4.78, 5) is 33.7. The van der Waals surface area contributed by atoms with E-state index in [0.29, 0.717) is 0 Å². The molecule has 120 valence electrons. The van der Waals surface area contributed by atoms with Crippen LogP contribution in [0.4, 0.5) is 5.69 Å². The lowest BCUT2D eigenvalue weighted by Gasteiger charge is -2.06. The molecular weight excluding hydrogens is 330 g/mol. The van der Waals surface area contributed by atoms with Gasteiger partial charge in [-0.15, -0.1) is 0 Å². The predicted octanol–water partition coefficient (Wildman–Crippen LogP) is 2.98. The Balaban J connectivity index is 2.18. The van der Waals surface area contributed by atoms with E-state index < -0.39 is 22.5 Å².